The molecule has 0 aromatic heterocycles. The van der Waals surface area contributed by atoms with Gasteiger partial charge in [-0.2, -0.15) is 5.10 Å². The number of amides is 1. The Labute approximate surface area is 145 Å². The van der Waals surface area contributed by atoms with Gasteiger partial charge in [-0.15, -0.1) is 0 Å². The molecule has 0 spiro atoms. The molecule has 5 heteroatoms. The molecule has 5 nitrogen and oxygen atoms in total. The molecule has 3 aromatic carbocycles. The van der Waals surface area contributed by atoms with Crippen LogP contribution in [0.25, 0.3) is 10.8 Å². The van der Waals surface area contributed by atoms with Crippen LogP contribution in [0.4, 0.5) is 0 Å². The van der Waals surface area contributed by atoms with Gasteiger partial charge in [0.15, 0.2) is 6.61 Å². The molecule has 0 radical (unpaired) electrons. The minimum atomic E-state index is -0.334. The van der Waals surface area contributed by atoms with Gasteiger partial charge in [0.05, 0.1) is 13.3 Å². The van der Waals surface area contributed by atoms with Crippen molar-refractivity contribution >= 4 is 22.9 Å². The lowest BCUT2D eigenvalue weighted by molar-refractivity contribution is -0.123. The van der Waals surface area contributed by atoms with E-state index < -0.39 is 0 Å². The van der Waals surface area contributed by atoms with Crippen molar-refractivity contribution in [2.45, 2.75) is 0 Å². The predicted octanol–water partition coefficient (Wildman–Crippen LogP) is 3.38. The van der Waals surface area contributed by atoms with Crippen molar-refractivity contribution in [2.24, 2.45) is 5.10 Å². The first-order valence-electron chi connectivity index (χ1n) is 7.83. The normalized spacial score (nSPS) is 10.8. The lowest BCUT2D eigenvalue weighted by atomic mass is 10.1. The summed E-state index contributed by atoms with van der Waals surface area (Å²) in [6, 6.07) is 21.0. The Morgan fingerprint density at radius 2 is 1.80 bits per heavy atom. The number of nitrogens with one attached hydrogen (secondary N) is 1. The minimum Gasteiger partial charge on any atom is -0.497 e. The zero-order valence-corrected chi connectivity index (χ0v) is 13.8. The fourth-order valence-corrected chi connectivity index (χ4v) is 2.41. The van der Waals surface area contributed by atoms with E-state index >= 15 is 0 Å². The first-order chi connectivity index (χ1) is 12.3. The van der Waals surface area contributed by atoms with E-state index in [0.29, 0.717) is 11.5 Å². The van der Waals surface area contributed by atoms with Crippen LogP contribution in [0.5, 0.6) is 11.5 Å². The number of rotatable bonds is 6. The average molecular weight is 334 g/mol. The SMILES string of the molecule is COc1cccc(OCC(=O)N/N=C/c2cccc3ccccc23)c1. The summed E-state index contributed by atoms with van der Waals surface area (Å²) >= 11 is 0. The summed E-state index contributed by atoms with van der Waals surface area (Å²) in [4.78, 5) is 11.8. The third-order valence-electron chi connectivity index (χ3n) is 3.63. The van der Waals surface area contributed by atoms with Crippen LogP contribution in [-0.4, -0.2) is 25.8 Å². The van der Waals surface area contributed by atoms with Crippen molar-refractivity contribution in [3.63, 3.8) is 0 Å². The van der Waals surface area contributed by atoms with E-state index in [1.807, 2.05) is 42.5 Å². The molecule has 3 aromatic rings. The highest BCUT2D eigenvalue weighted by molar-refractivity contribution is 5.99. The number of hydrazone groups is 1. The van der Waals surface area contributed by atoms with Gasteiger partial charge in [-0.25, -0.2) is 5.43 Å². The maximum atomic E-state index is 11.8. The van der Waals surface area contributed by atoms with E-state index in [0.717, 1.165) is 16.3 Å². The van der Waals surface area contributed by atoms with E-state index in [1.54, 1.807) is 37.6 Å². The van der Waals surface area contributed by atoms with Gasteiger partial charge in [-0.3, -0.25) is 4.79 Å². The van der Waals surface area contributed by atoms with Gasteiger partial charge >= 0.3 is 0 Å². The maximum absolute atomic E-state index is 11.8. The molecule has 0 atom stereocenters. The Hall–Kier alpha value is -3.34. The molecule has 0 saturated heterocycles. The summed E-state index contributed by atoms with van der Waals surface area (Å²) in [6.07, 6.45) is 1.63. The topological polar surface area (TPSA) is 59.9 Å². The molecule has 3 rings (SSSR count). The molecule has 0 bridgehead atoms. The molecule has 0 saturated carbocycles. The van der Waals surface area contributed by atoms with Gasteiger partial charge in [0.25, 0.3) is 5.91 Å². The fraction of sp³-hybridized carbons (Fsp3) is 0.100. The summed E-state index contributed by atoms with van der Waals surface area (Å²) in [7, 11) is 1.58. The number of fused-ring (bicyclic) bond motifs is 1. The Bertz CT molecular complexity index is 901. The standard InChI is InChI=1S/C20H18N2O3/c1-24-17-9-5-10-18(12-17)25-14-20(23)22-21-13-16-8-4-7-15-6-2-3-11-19(15)16/h2-13H,14H2,1H3,(H,22,23)/b21-13+. The zero-order chi connectivity index (χ0) is 17.5. The number of nitrogens with zero attached hydrogens (tertiary/aromatic N) is 1. The van der Waals surface area contributed by atoms with Gasteiger partial charge in [0.1, 0.15) is 11.5 Å². The highest BCUT2D eigenvalue weighted by Crippen LogP contribution is 2.18. The van der Waals surface area contributed by atoms with Crippen LogP contribution in [0.1, 0.15) is 5.56 Å². The molecule has 1 N–H and O–H groups in total. The highest BCUT2D eigenvalue weighted by Gasteiger charge is 2.03. The summed E-state index contributed by atoms with van der Waals surface area (Å²) in [5.74, 6) is 0.902. The molecule has 126 valence electrons. The van der Waals surface area contributed by atoms with Gasteiger partial charge in [-0.1, -0.05) is 48.5 Å². The van der Waals surface area contributed by atoms with E-state index in [1.165, 1.54) is 0 Å². The molecule has 25 heavy (non-hydrogen) atoms. The average Bonchev–Trinajstić information content (AvgIpc) is 2.67. The van der Waals surface area contributed by atoms with Crippen LogP contribution in [0, 0.1) is 0 Å². The van der Waals surface area contributed by atoms with Gasteiger partial charge in [-0.05, 0) is 22.9 Å². The van der Waals surface area contributed by atoms with Crippen LogP contribution in [0.15, 0.2) is 71.8 Å². The van der Waals surface area contributed by atoms with E-state index in [2.05, 4.69) is 10.5 Å². The quantitative estimate of drug-likeness (QED) is 0.555. The van der Waals surface area contributed by atoms with Crippen LogP contribution >= 0.6 is 0 Å². The number of hydrogen-bond acceptors (Lipinski definition) is 4. The number of hydrogen-bond donors (Lipinski definition) is 1. The number of methoxy groups -OCH3 is 1. The second-order valence-electron chi connectivity index (χ2n) is 5.33. The lowest BCUT2D eigenvalue weighted by Gasteiger charge is -2.06. The number of carbonyl (C=O) groups is 1. The van der Waals surface area contributed by atoms with Crippen LogP contribution in [-0.2, 0) is 4.79 Å². The van der Waals surface area contributed by atoms with Crippen molar-refractivity contribution in [3.05, 3.63) is 72.3 Å². The van der Waals surface area contributed by atoms with E-state index in [4.69, 9.17) is 9.47 Å². The molecule has 0 aliphatic rings. The second-order valence-corrected chi connectivity index (χ2v) is 5.33. The largest absolute Gasteiger partial charge is 0.497 e. The molecular formula is C20H18N2O3. The third kappa shape index (κ3) is 4.35. The van der Waals surface area contributed by atoms with Crippen molar-refractivity contribution in [2.75, 3.05) is 13.7 Å². The summed E-state index contributed by atoms with van der Waals surface area (Å²) in [6.45, 7) is -0.125. The van der Waals surface area contributed by atoms with E-state index in [-0.39, 0.29) is 12.5 Å². The first kappa shape index (κ1) is 16.5. The first-order valence-corrected chi connectivity index (χ1v) is 7.83. The van der Waals surface area contributed by atoms with Crippen molar-refractivity contribution in [1.29, 1.82) is 0 Å². The van der Waals surface area contributed by atoms with Crippen LogP contribution in [0.2, 0.25) is 0 Å². The highest BCUT2D eigenvalue weighted by atomic mass is 16.5. The lowest BCUT2D eigenvalue weighted by Crippen LogP contribution is -2.24. The summed E-state index contributed by atoms with van der Waals surface area (Å²) in [5.41, 5.74) is 3.41. The summed E-state index contributed by atoms with van der Waals surface area (Å²) < 4.78 is 10.5. The van der Waals surface area contributed by atoms with Crippen molar-refractivity contribution < 1.29 is 14.3 Å². The number of benzene rings is 3. The Morgan fingerprint density at radius 1 is 1.04 bits per heavy atom. The van der Waals surface area contributed by atoms with E-state index in [9.17, 15) is 4.79 Å². The Morgan fingerprint density at radius 3 is 2.68 bits per heavy atom. The summed E-state index contributed by atoms with van der Waals surface area (Å²) in [5, 5.41) is 6.21. The van der Waals surface area contributed by atoms with Crippen molar-refractivity contribution in [3.8, 4) is 11.5 Å². The Balaban J connectivity index is 1.57. The molecular weight excluding hydrogens is 316 g/mol. The fourth-order valence-electron chi connectivity index (χ4n) is 2.41. The maximum Gasteiger partial charge on any atom is 0.277 e. The predicted molar refractivity (Wildman–Crippen MR) is 98.2 cm³/mol. The zero-order valence-electron chi connectivity index (χ0n) is 13.8. The van der Waals surface area contributed by atoms with Gasteiger partial charge in [0, 0.05) is 11.6 Å². The Kier molecular flexibility index (Phi) is 5.26. The monoisotopic (exact) mass is 334 g/mol. The smallest absolute Gasteiger partial charge is 0.277 e. The molecule has 0 fully saturated rings. The van der Waals surface area contributed by atoms with Crippen LogP contribution < -0.4 is 14.9 Å². The molecule has 0 heterocycles. The van der Waals surface area contributed by atoms with Gasteiger partial charge < -0.3 is 9.47 Å². The molecule has 0 aliphatic heterocycles. The van der Waals surface area contributed by atoms with Gasteiger partial charge in [0.2, 0.25) is 0 Å². The minimum absolute atomic E-state index is 0.125. The van der Waals surface area contributed by atoms with Crippen molar-refractivity contribution in [1.82, 2.24) is 5.43 Å². The molecule has 0 aliphatic carbocycles. The number of carbonyl (C=O) groups excluding carboxylic acids is 1. The molecule has 0 unspecified atom stereocenters. The molecule has 1 amide bonds. The van der Waals surface area contributed by atoms with Crippen LogP contribution in [0.3, 0.4) is 0 Å². The third-order valence-corrected chi connectivity index (χ3v) is 3.63. The number of ether oxygens (including phenoxy) is 2. The second kappa shape index (κ2) is 7.97.